The maximum atomic E-state index is 12.9. The van der Waals surface area contributed by atoms with Crippen molar-refractivity contribution in [1.29, 1.82) is 0 Å². The van der Waals surface area contributed by atoms with Gasteiger partial charge in [0, 0.05) is 27.6 Å². The first-order valence-electron chi connectivity index (χ1n) is 10.9. The number of benzene rings is 2. The number of aromatic amines is 1. The molecule has 0 radical (unpaired) electrons. The van der Waals surface area contributed by atoms with E-state index in [1.165, 1.54) is 11.3 Å². The van der Waals surface area contributed by atoms with Gasteiger partial charge in [0.05, 0.1) is 11.9 Å². The Labute approximate surface area is 200 Å². The minimum atomic E-state index is -0.127. The lowest BCUT2D eigenvalue weighted by Gasteiger charge is -2.30. The van der Waals surface area contributed by atoms with Crippen LogP contribution in [0.4, 0.5) is 5.69 Å². The molecule has 0 atom stereocenters. The standard InChI is InChI=1S/C25H23ClN4O2S/c26-18-8-6-16(7-9-18)20-15-33-25-22(20)24(32)28-21(29-25)14-30-12-10-17(11-13-30)23(31)27-19-4-2-1-3-5-19/h1-9,15,17H,10-14H2,(H,27,31)(H,28,29,32). The maximum Gasteiger partial charge on any atom is 0.260 e. The Hall–Kier alpha value is -3.00. The van der Waals surface area contributed by atoms with E-state index in [9.17, 15) is 9.59 Å². The summed E-state index contributed by atoms with van der Waals surface area (Å²) in [6, 6.07) is 17.0. The molecule has 1 saturated heterocycles. The number of H-pyrrole nitrogens is 1. The average molecular weight is 479 g/mol. The Balaban J connectivity index is 1.24. The second kappa shape index (κ2) is 9.47. The first-order valence-corrected chi connectivity index (χ1v) is 12.2. The number of nitrogens with zero attached hydrogens (tertiary/aromatic N) is 2. The lowest BCUT2D eigenvalue weighted by molar-refractivity contribution is -0.121. The van der Waals surface area contributed by atoms with Crippen molar-refractivity contribution in [3.8, 4) is 11.1 Å². The normalized spacial score (nSPS) is 15.1. The number of likely N-dealkylation sites (tertiary alicyclic amines) is 1. The highest BCUT2D eigenvalue weighted by Crippen LogP contribution is 2.31. The molecule has 2 aromatic heterocycles. The van der Waals surface area contributed by atoms with Crippen LogP contribution in [0, 0.1) is 5.92 Å². The number of fused-ring (bicyclic) bond motifs is 1. The molecule has 0 bridgehead atoms. The highest BCUT2D eigenvalue weighted by molar-refractivity contribution is 7.17. The quantitative estimate of drug-likeness (QED) is 0.415. The third-order valence-electron chi connectivity index (χ3n) is 6.02. The topological polar surface area (TPSA) is 78.1 Å². The molecule has 1 aliphatic rings. The van der Waals surface area contributed by atoms with Crippen molar-refractivity contribution in [1.82, 2.24) is 14.9 Å². The van der Waals surface area contributed by atoms with E-state index >= 15 is 0 Å². The van der Waals surface area contributed by atoms with Gasteiger partial charge < -0.3 is 10.3 Å². The largest absolute Gasteiger partial charge is 0.326 e. The molecule has 2 aromatic carbocycles. The molecule has 33 heavy (non-hydrogen) atoms. The first kappa shape index (κ1) is 21.8. The van der Waals surface area contributed by atoms with Crippen molar-refractivity contribution >= 4 is 44.7 Å². The zero-order chi connectivity index (χ0) is 22.8. The highest BCUT2D eigenvalue weighted by Gasteiger charge is 2.25. The van der Waals surface area contributed by atoms with Gasteiger partial charge in [-0.05, 0) is 55.8 Å². The monoisotopic (exact) mass is 478 g/mol. The SMILES string of the molecule is O=C(Nc1ccccc1)C1CCN(Cc2nc3scc(-c4ccc(Cl)cc4)c3c(=O)[nH]2)CC1. The van der Waals surface area contributed by atoms with Crippen LogP contribution in [0.3, 0.4) is 0 Å². The number of carbonyl (C=O) groups excluding carboxylic acids is 1. The van der Waals surface area contributed by atoms with Gasteiger partial charge >= 0.3 is 0 Å². The molecule has 0 aliphatic carbocycles. The highest BCUT2D eigenvalue weighted by atomic mass is 35.5. The van der Waals surface area contributed by atoms with E-state index in [0.717, 1.165) is 47.6 Å². The molecule has 3 heterocycles. The molecule has 0 unspecified atom stereocenters. The first-order chi connectivity index (χ1) is 16.1. The van der Waals surface area contributed by atoms with Crippen molar-refractivity contribution < 1.29 is 4.79 Å². The number of rotatable bonds is 5. The van der Waals surface area contributed by atoms with Gasteiger partial charge in [0.1, 0.15) is 10.7 Å². The second-order valence-corrected chi connectivity index (χ2v) is 9.55. The number of nitrogens with one attached hydrogen (secondary N) is 2. The smallest absolute Gasteiger partial charge is 0.260 e. The molecule has 1 aliphatic heterocycles. The maximum absolute atomic E-state index is 12.9. The van der Waals surface area contributed by atoms with Crippen LogP contribution in [0.5, 0.6) is 0 Å². The molecule has 8 heteroatoms. The Morgan fingerprint density at radius 2 is 1.85 bits per heavy atom. The number of hydrogen-bond donors (Lipinski definition) is 2. The number of carbonyl (C=O) groups is 1. The van der Waals surface area contributed by atoms with Crippen molar-refractivity contribution in [2.45, 2.75) is 19.4 Å². The van der Waals surface area contributed by atoms with Crippen molar-refractivity contribution in [3.63, 3.8) is 0 Å². The Bertz CT molecular complexity index is 1330. The predicted molar refractivity (Wildman–Crippen MR) is 134 cm³/mol. The van der Waals surface area contributed by atoms with Gasteiger partial charge in [0.25, 0.3) is 5.56 Å². The van der Waals surface area contributed by atoms with Gasteiger partial charge in [-0.15, -0.1) is 11.3 Å². The summed E-state index contributed by atoms with van der Waals surface area (Å²) < 4.78 is 0. The van der Waals surface area contributed by atoms with Gasteiger partial charge in [0.15, 0.2) is 0 Å². The minimum Gasteiger partial charge on any atom is -0.326 e. The van der Waals surface area contributed by atoms with Crippen LogP contribution < -0.4 is 10.9 Å². The fourth-order valence-corrected chi connectivity index (χ4v) is 5.33. The third-order valence-corrected chi connectivity index (χ3v) is 7.15. The van der Waals surface area contributed by atoms with Crippen LogP contribution in [-0.4, -0.2) is 33.9 Å². The number of thiophene rings is 1. The molecular formula is C25H23ClN4O2S. The molecular weight excluding hydrogens is 456 g/mol. The van der Waals surface area contributed by atoms with Crippen LogP contribution in [0.2, 0.25) is 5.02 Å². The van der Waals surface area contributed by atoms with E-state index in [-0.39, 0.29) is 17.4 Å². The van der Waals surface area contributed by atoms with Crippen LogP contribution in [0.15, 0.2) is 64.8 Å². The van der Waals surface area contributed by atoms with E-state index in [2.05, 4.69) is 15.2 Å². The summed E-state index contributed by atoms with van der Waals surface area (Å²) in [5.41, 5.74) is 2.52. The summed E-state index contributed by atoms with van der Waals surface area (Å²) in [6.07, 6.45) is 1.57. The fourth-order valence-electron chi connectivity index (χ4n) is 4.24. The van der Waals surface area contributed by atoms with E-state index in [1.54, 1.807) is 0 Å². The molecule has 2 N–H and O–H groups in total. The van der Waals surface area contributed by atoms with Crippen LogP contribution in [0.25, 0.3) is 21.3 Å². The van der Waals surface area contributed by atoms with Crippen LogP contribution >= 0.6 is 22.9 Å². The van der Waals surface area contributed by atoms with E-state index < -0.39 is 0 Å². The Morgan fingerprint density at radius 1 is 1.12 bits per heavy atom. The zero-order valence-corrected chi connectivity index (χ0v) is 19.5. The summed E-state index contributed by atoms with van der Waals surface area (Å²) in [5, 5.41) is 6.24. The lowest BCUT2D eigenvalue weighted by atomic mass is 9.96. The lowest BCUT2D eigenvalue weighted by Crippen LogP contribution is -2.38. The Kier molecular flexibility index (Phi) is 6.26. The van der Waals surface area contributed by atoms with Gasteiger partial charge in [-0.3, -0.25) is 14.5 Å². The van der Waals surface area contributed by atoms with Gasteiger partial charge in [-0.1, -0.05) is 41.9 Å². The summed E-state index contributed by atoms with van der Waals surface area (Å²) in [6.45, 7) is 2.14. The number of para-hydroxylation sites is 1. The summed E-state index contributed by atoms with van der Waals surface area (Å²) in [4.78, 5) is 36.1. The summed E-state index contributed by atoms with van der Waals surface area (Å²) in [7, 11) is 0. The van der Waals surface area contributed by atoms with E-state index in [1.807, 2.05) is 60.0 Å². The number of piperidine rings is 1. The molecule has 0 saturated carbocycles. The second-order valence-electron chi connectivity index (χ2n) is 8.25. The number of amides is 1. The summed E-state index contributed by atoms with van der Waals surface area (Å²) in [5.74, 6) is 0.724. The van der Waals surface area contributed by atoms with E-state index in [4.69, 9.17) is 16.6 Å². The van der Waals surface area contributed by atoms with Crippen molar-refractivity contribution in [2.75, 3.05) is 18.4 Å². The minimum absolute atomic E-state index is 0.00447. The number of aromatic nitrogens is 2. The number of hydrogen-bond acceptors (Lipinski definition) is 5. The molecule has 4 aromatic rings. The third kappa shape index (κ3) is 4.85. The van der Waals surface area contributed by atoms with Gasteiger partial charge in [0.2, 0.25) is 5.91 Å². The Morgan fingerprint density at radius 3 is 2.58 bits per heavy atom. The zero-order valence-electron chi connectivity index (χ0n) is 17.9. The van der Waals surface area contributed by atoms with E-state index in [0.29, 0.717) is 22.8 Å². The van der Waals surface area contributed by atoms with Crippen molar-refractivity contribution in [3.05, 3.63) is 81.2 Å². The van der Waals surface area contributed by atoms with Gasteiger partial charge in [-0.25, -0.2) is 4.98 Å². The van der Waals surface area contributed by atoms with Crippen LogP contribution in [0.1, 0.15) is 18.7 Å². The molecule has 6 nitrogen and oxygen atoms in total. The fraction of sp³-hybridized carbons (Fsp3) is 0.240. The molecule has 0 spiro atoms. The molecule has 1 fully saturated rings. The number of anilines is 1. The molecule has 168 valence electrons. The van der Waals surface area contributed by atoms with Crippen LogP contribution in [-0.2, 0) is 11.3 Å². The molecule has 1 amide bonds. The average Bonchev–Trinajstić information content (AvgIpc) is 3.25. The number of halogens is 1. The molecule has 5 rings (SSSR count). The van der Waals surface area contributed by atoms with Gasteiger partial charge in [-0.2, -0.15) is 0 Å². The van der Waals surface area contributed by atoms with Crippen molar-refractivity contribution in [2.24, 2.45) is 5.92 Å². The predicted octanol–water partition coefficient (Wildman–Crippen LogP) is 5.16. The summed E-state index contributed by atoms with van der Waals surface area (Å²) >= 11 is 7.47.